The SMILES string of the molecule is O=C(NCc1ccc(Cl)cc1)c1ccc2c(c1)N(Cc1ccccc1F)C(=O)c1ccccc1S2. The van der Waals surface area contributed by atoms with E-state index in [0.29, 0.717) is 33.9 Å². The number of carbonyl (C=O) groups excluding carboxylic acids is 2. The Kier molecular flexibility index (Phi) is 6.57. The summed E-state index contributed by atoms with van der Waals surface area (Å²) in [6, 6.07) is 26.3. The largest absolute Gasteiger partial charge is 0.348 e. The van der Waals surface area contributed by atoms with Crippen LogP contribution in [0.5, 0.6) is 0 Å². The Bertz CT molecular complexity index is 1420. The minimum atomic E-state index is -0.385. The summed E-state index contributed by atoms with van der Waals surface area (Å²) in [4.78, 5) is 29.8. The van der Waals surface area contributed by atoms with E-state index in [0.717, 1.165) is 15.4 Å². The molecular formula is C28H20ClFN2O2S. The Labute approximate surface area is 211 Å². The van der Waals surface area contributed by atoms with Crippen LogP contribution < -0.4 is 10.2 Å². The molecule has 174 valence electrons. The van der Waals surface area contributed by atoms with E-state index in [4.69, 9.17) is 11.6 Å². The average molecular weight is 503 g/mol. The summed E-state index contributed by atoms with van der Waals surface area (Å²) in [6.45, 7) is 0.383. The lowest BCUT2D eigenvalue weighted by Gasteiger charge is -2.24. The van der Waals surface area contributed by atoms with Crippen molar-refractivity contribution in [2.24, 2.45) is 0 Å². The van der Waals surface area contributed by atoms with Gasteiger partial charge < -0.3 is 10.2 Å². The molecule has 0 atom stereocenters. The van der Waals surface area contributed by atoms with Crippen molar-refractivity contribution >= 4 is 40.9 Å². The van der Waals surface area contributed by atoms with Gasteiger partial charge in [-0.15, -0.1) is 0 Å². The van der Waals surface area contributed by atoms with Crippen LogP contribution in [0.1, 0.15) is 31.8 Å². The minimum Gasteiger partial charge on any atom is -0.348 e. The lowest BCUT2D eigenvalue weighted by atomic mass is 10.1. The smallest absolute Gasteiger partial charge is 0.259 e. The molecular weight excluding hydrogens is 483 g/mol. The Balaban J connectivity index is 1.49. The molecule has 0 radical (unpaired) electrons. The monoisotopic (exact) mass is 502 g/mol. The maximum Gasteiger partial charge on any atom is 0.259 e. The summed E-state index contributed by atoms with van der Waals surface area (Å²) in [7, 11) is 0. The van der Waals surface area contributed by atoms with Crippen molar-refractivity contribution in [1.82, 2.24) is 5.32 Å². The standard InChI is InChI=1S/C28H20ClFN2O2S/c29-21-12-9-18(10-13-21)16-31-27(33)19-11-14-26-24(15-19)32(17-20-5-1-3-7-23(20)30)28(34)22-6-2-4-8-25(22)35-26/h1-15H,16-17H2,(H,31,33). The molecule has 0 aliphatic carbocycles. The van der Waals surface area contributed by atoms with E-state index in [1.807, 2.05) is 36.4 Å². The molecule has 0 aromatic heterocycles. The molecule has 1 aliphatic heterocycles. The van der Waals surface area contributed by atoms with Crippen LogP contribution >= 0.6 is 23.4 Å². The van der Waals surface area contributed by atoms with Gasteiger partial charge >= 0.3 is 0 Å². The highest BCUT2D eigenvalue weighted by Gasteiger charge is 2.28. The maximum atomic E-state index is 14.5. The van der Waals surface area contributed by atoms with Gasteiger partial charge in [0.2, 0.25) is 0 Å². The Morgan fingerprint density at radius 2 is 1.66 bits per heavy atom. The van der Waals surface area contributed by atoms with E-state index in [2.05, 4.69) is 5.32 Å². The molecule has 0 bridgehead atoms. The topological polar surface area (TPSA) is 49.4 Å². The second kappa shape index (κ2) is 9.94. The van der Waals surface area contributed by atoms with Crippen molar-refractivity contribution in [3.8, 4) is 0 Å². The van der Waals surface area contributed by atoms with Crippen LogP contribution in [0.3, 0.4) is 0 Å². The summed E-state index contributed by atoms with van der Waals surface area (Å²) in [5, 5.41) is 3.54. The van der Waals surface area contributed by atoms with Crippen molar-refractivity contribution in [3.63, 3.8) is 0 Å². The van der Waals surface area contributed by atoms with E-state index in [1.165, 1.54) is 17.8 Å². The first-order valence-electron chi connectivity index (χ1n) is 11.0. The molecule has 4 aromatic rings. The van der Waals surface area contributed by atoms with Gasteiger partial charge in [-0.1, -0.05) is 65.8 Å². The highest BCUT2D eigenvalue weighted by atomic mass is 35.5. The number of nitrogens with zero attached hydrogens (tertiary/aromatic N) is 1. The third-order valence-corrected chi connectivity index (χ3v) is 7.14. The predicted molar refractivity (Wildman–Crippen MR) is 137 cm³/mol. The van der Waals surface area contributed by atoms with Crippen LogP contribution in [0, 0.1) is 5.82 Å². The minimum absolute atomic E-state index is 0.0449. The van der Waals surface area contributed by atoms with Crippen LogP contribution in [-0.4, -0.2) is 11.8 Å². The fourth-order valence-corrected chi connectivity index (χ4v) is 5.09. The molecule has 0 saturated carbocycles. The van der Waals surface area contributed by atoms with Gasteiger partial charge in [0.1, 0.15) is 5.82 Å². The van der Waals surface area contributed by atoms with E-state index >= 15 is 0 Å². The summed E-state index contributed by atoms with van der Waals surface area (Å²) in [5.41, 5.74) is 2.83. The number of amides is 2. The zero-order valence-electron chi connectivity index (χ0n) is 18.5. The number of hydrogen-bond acceptors (Lipinski definition) is 3. The third-order valence-electron chi connectivity index (χ3n) is 5.75. The molecule has 1 heterocycles. The first kappa shape index (κ1) is 23.1. The van der Waals surface area contributed by atoms with Crippen molar-refractivity contribution in [2.45, 2.75) is 22.9 Å². The molecule has 5 rings (SSSR count). The molecule has 35 heavy (non-hydrogen) atoms. The molecule has 0 unspecified atom stereocenters. The van der Waals surface area contributed by atoms with Gasteiger partial charge in [-0.25, -0.2) is 4.39 Å². The van der Waals surface area contributed by atoms with Gasteiger partial charge in [-0.2, -0.15) is 0 Å². The molecule has 0 spiro atoms. The summed E-state index contributed by atoms with van der Waals surface area (Å²) in [6.07, 6.45) is 0. The fourth-order valence-electron chi connectivity index (χ4n) is 3.90. The molecule has 4 nitrogen and oxygen atoms in total. The summed E-state index contributed by atoms with van der Waals surface area (Å²) < 4.78 is 14.5. The summed E-state index contributed by atoms with van der Waals surface area (Å²) in [5.74, 6) is -0.898. The number of nitrogens with one attached hydrogen (secondary N) is 1. The summed E-state index contributed by atoms with van der Waals surface area (Å²) >= 11 is 7.39. The van der Waals surface area contributed by atoms with Gasteiger partial charge in [0.25, 0.3) is 11.8 Å². The van der Waals surface area contributed by atoms with E-state index in [9.17, 15) is 14.0 Å². The quantitative estimate of drug-likeness (QED) is 0.329. The predicted octanol–water partition coefficient (Wildman–Crippen LogP) is 6.72. The van der Waals surface area contributed by atoms with Gasteiger partial charge in [-0.05, 0) is 54.1 Å². The van der Waals surface area contributed by atoms with Crippen molar-refractivity contribution in [3.05, 3.63) is 124 Å². The van der Waals surface area contributed by atoms with Gasteiger partial charge in [0.15, 0.2) is 0 Å². The second-order valence-corrected chi connectivity index (χ2v) is 9.59. The molecule has 0 fully saturated rings. The Morgan fingerprint density at radius 3 is 2.46 bits per heavy atom. The van der Waals surface area contributed by atoms with Crippen LogP contribution in [0.25, 0.3) is 0 Å². The first-order chi connectivity index (χ1) is 17.0. The zero-order valence-corrected chi connectivity index (χ0v) is 20.1. The number of halogens is 2. The van der Waals surface area contributed by atoms with E-state index in [1.54, 1.807) is 53.4 Å². The fraction of sp³-hybridized carbons (Fsp3) is 0.0714. The highest BCUT2D eigenvalue weighted by Crippen LogP contribution is 2.42. The number of anilines is 1. The molecule has 0 saturated heterocycles. The number of benzene rings is 4. The highest BCUT2D eigenvalue weighted by molar-refractivity contribution is 7.99. The average Bonchev–Trinajstić information content (AvgIpc) is 2.99. The van der Waals surface area contributed by atoms with Crippen molar-refractivity contribution < 1.29 is 14.0 Å². The van der Waals surface area contributed by atoms with Gasteiger partial charge in [-0.3, -0.25) is 9.59 Å². The second-order valence-electron chi connectivity index (χ2n) is 8.07. The van der Waals surface area contributed by atoms with Crippen LogP contribution in [-0.2, 0) is 13.1 Å². The molecule has 1 N–H and O–H groups in total. The first-order valence-corrected chi connectivity index (χ1v) is 12.2. The number of fused-ring (bicyclic) bond motifs is 2. The van der Waals surface area contributed by atoms with Crippen molar-refractivity contribution in [2.75, 3.05) is 4.90 Å². The third kappa shape index (κ3) is 4.94. The maximum absolute atomic E-state index is 14.5. The lowest BCUT2D eigenvalue weighted by Crippen LogP contribution is -2.31. The Morgan fingerprint density at radius 1 is 0.914 bits per heavy atom. The number of carbonyl (C=O) groups is 2. The van der Waals surface area contributed by atoms with Crippen LogP contribution in [0.15, 0.2) is 101 Å². The number of hydrogen-bond donors (Lipinski definition) is 1. The molecule has 7 heteroatoms. The van der Waals surface area contributed by atoms with Crippen molar-refractivity contribution in [1.29, 1.82) is 0 Å². The van der Waals surface area contributed by atoms with E-state index < -0.39 is 0 Å². The Hall–Kier alpha value is -3.61. The molecule has 4 aromatic carbocycles. The normalized spacial score (nSPS) is 12.5. The van der Waals surface area contributed by atoms with Gasteiger partial charge in [0, 0.05) is 32.5 Å². The molecule has 1 aliphatic rings. The zero-order chi connectivity index (χ0) is 24.4. The lowest BCUT2D eigenvalue weighted by molar-refractivity contribution is 0.0947. The van der Waals surface area contributed by atoms with Crippen LogP contribution in [0.2, 0.25) is 5.02 Å². The van der Waals surface area contributed by atoms with E-state index in [-0.39, 0.29) is 24.2 Å². The van der Waals surface area contributed by atoms with Gasteiger partial charge in [0.05, 0.1) is 17.8 Å². The van der Waals surface area contributed by atoms with Crippen LogP contribution in [0.4, 0.5) is 10.1 Å². The number of rotatable bonds is 5. The molecule has 2 amide bonds.